The summed E-state index contributed by atoms with van der Waals surface area (Å²) in [6.07, 6.45) is 0. The maximum Gasteiger partial charge on any atom is 0.195 e. The lowest BCUT2D eigenvalue weighted by Crippen LogP contribution is -2.06. The largest absolute Gasteiger partial charge is 0.288 e. The molecule has 0 saturated carbocycles. The van der Waals surface area contributed by atoms with E-state index in [9.17, 15) is 13.6 Å². The Labute approximate surface area is 114 Å². The number of aryl methyl sites for hydroxylation is 2. The van der Waals surface area contributed by atoms with Crippen molar-refractivity contribution in [3.63, 3.8) is 0 Å². The molecule has 98 valence electrons. The van der Waals surface area contributed by atoms with Crippen LogP contribution in [0.1, 0.15) is 27.0 Å². The standard InChI is InChI=1S/C15H11ClF2O/c1-8-5-10(6-9(2)14(8)18)15(19)12-4-3-11(16)7-13(12)17/h3-7H,1-2H3. The summed E-state index contributed by atoms with van der Waals surface area (Å²) in [5, 5.41) is 0.223. The van der Waals surface area contributed by atoms with E-state index in [4.69, 9.17) is 11.6 Å². The molecule has 0 aliphatic carbocycles. The summed E-state index contributed by atoms with van der Waals surface area (Å²) < 4.78 is 27.2. The molecule has 0 amide bonds. The van der Waals surface area contributed by atoms with Gasteiger partial charge >= 0.3 is 0 Å². The number of ketones is 1. The van der Waals surface area contributed by atoms with Crippen LogP contribution in [-0.4, -0.2) is 5.78 Å². The Morgan fingerprint density at radius 2 is 1.63 bits per heavy atom. The molecule has 2 rings (SSSR count). The first-order valence-electron chi connectivity index (χ1n) is 5.66. The van der Waals surface area contributed by atoms with E-state index in [0.29, 0.717) is 11.1 Å². The van der Waals surface area contributed by atoms with Crippen LogP contribution in [0.5, 0.6) is 0 Å². The quantitative estimate of drug-likeness (QED) is 0.742. The average molecular weight is 281 g/mol. The zero-order valence-corrected chi connectivity index (χ0v) is 11.2. The van der Waals surface area contributed by atoms with Crippen LogP contribution in [-0.2, 0) is 0 Å². The van der Waals surface area contributed by atoms with E-state index >= 15 is 0 Å². The molecule has 0 heterocycles. The predicted octanol–water partition coefficient (Wildman–Crippen LogP) is 4.47. The highest BCUT2D eigenvalue weighted by Crippen LogP contribution is 2.21. The van der Waals surface area contributed by atoms with Gasteiger partial charge < -0.3 is 0 Å². The highest BCUT2D eigenvalue weighted by Gasteiger charge is 2.16. The molecule has 0 atom stereocenters. The van der Waals surface area contributed by atoms with E-state index in [1.807, 2.05) is 0 Å². The molecule has 0 fully saturated rings. The maximum atomic E-state index is 13.7. The minimum absolute atomic E-state index is 0.0743. The van der Waals surface area contributed by atoms with Crippen molar-refractivity contribution >= 4 is 17.4 Å². The van der Waals surface area contributed by atoms with E-state index in [-0.39, 0.29) is 22.0 Å². The Hall–Kier alpha value is -1.74. The van der Waals surface area contributed by atoms with Crippen LogP contribution in [0.4, 0.5) is 8.78 Å². The van der Waals surface area contributed by atoms with Gasteiger partial charge in [0.2, 0.25) is 0 Å². The summed E-state index contributed by atoms with van der Waals surface area (Å²) in [4.78, 5) is 12.2. The number of benzene rings is 2. The summed E-state index contributed by atoms with van der Waals surface area (Å²) in [6, 6.07) is 6.69. The van der Waals surface area contributed by atoms with Gasteiger partial charge in [0.1, 0.15) is 11.6 Å². The van der Waals surface area contributed by atoms with Crippen molar-refractivity contribution < 1.29 is 13.6 Å². The summed E-state index contributed by atoms with van der Waals surface area (Å²) in [7, 11) is 0. The first-order valence-corrected chi connectivity index (χ1v) is 6.04. The van der Waals surface area contributed by atoms with Crippen molar-refractivity contribution in [3.05, 3.63) is 69.2 Å². The minimum atomic E-state index is -0.683. The molecule has 0 aromatic heterocycles. The fraction of sp³-hybridized carbons (Fsp3) is 0.133. The number of halogens is 3. The molecule has 0 spiro atoms. The molecule has 4 heteroatoms. The third kappa shape index (κ3) is 2.66. The second kappa shape index (κ2) is 5.10. The smallest absolute Gasteiger partial charge is 0.195 e. The molecule has 2 aromatic carbocycles. The van der Waals surface area contributed by atoms with Gasteiger partial charge in [-0.15, -0.1) is 0 Å². The van der Waals surface area contributed by atoms with Crippen LogP contribution in [0.3, 0.4) is 0 Å². The Bertz CT molecular complexity index is 642. The van der Waals surface area contributed by atoms with Crippen LogP contribution >= 0.6 is 11.6 Å². The molecule has 0 N–H and O–H groups in total. The first-order chi connectivity index (χ1) is 8.90. The Kier molecular flexibility index (Phi) is 3.67. The molecule has 19 heavy (non-hydrogen) atoms. The number of carbonyl (C=O) groups is 1. The van der Waals surface area contributed by atoms with Gasteiger partial charge in [-0.05, 0) is 55.3 Å². The molecular formula is C15H11ClF2O. The van der Waals surface area contributed by atoms with E-state index in [2.05, 4.69) is 0 Å². The van der Waals surface area contributed by atoms with Gasteiger partial charge in [0, 0.05) is 10.6 Å². The highest BCUT2D eigenvalue weighted by molar-refractivity contribution is 6.30. The summed E-state index contributed by atoms with van der Waals surface area (Å²) in [6.45, 7) is 3.13. The second-order valence-electron chi connectivity index (χ2n) is 4.38. The lowest BCUT2D eigenvalue weighted by atomic mass is 9.98. The molecular weight excluding hydrogens is 270 g/mol. The Morgan fingerprint density at radius 1 is 1.05 bits per heavy atom. The third-order valence-electron chi connectivity index (χ3n) is 2.87. The van der Waals surface area contributed by atoms with Crippen LogP contribution < -0.4 is 0 Å². The van der Waals surface area contributed by atoms with E-state index in [1.165, 1.54) is 24.3 Å². The Balaban J connectivity index is 2.50. The van der Waals surface area contributed by atoms with Gasteiger partial charge in [-0.1, -0.05) is 11.6 Å². The molecule has 1 nitrogen and oxygen atoms in total. The van der Waals surface area contributed by atoms with Gasteiger partial charge in [0.15, 0.2) is 5.78 Å². The van der Waals surface area contributed by atoms with Crippen molar-refractivity contribution in [2.75, 3.05) is 0 Å². The predicted molar refractivity (Wildman–Crippen MR) is 70.7 cm³/mol. The SMILES string of the molecule is Cc1cc(C(=O)c2ccc(Cl)cc2F)cc(C)c1F. The fourth-order valence-corrected chi connectivity index (χ4v) is 2.06. The van der Waals surface area contributed by atoms with Gasteiger partial charge in [0.05, 0.1) is 5.56 Å². The van der Waals surface area contributed by atoms with Crippen molar-refractivity contribution in [1.82, 2.24) is 0 Å². The van der Waals surface area contributed by atoms with Crippen molar-refractivity contribution in [2.45, 2.75) is 13.8 Å². The lowest BCUT2D eigenvalue weighted by Gasteiger charge is -2.07. The van der Waals surface area contributed by atoms with Crippen molar-refractivity contribution in [2.24, 2.45) is 0 Å². The highest BCUT2D eigenvalue weighted by atomic mass is 35.5. The number of hydrogen-bond acceptors (Lipinski definition) is 1. The van der Waals surface area contributed by atoms with E-state index < -0.39 is 11.6 Å². The topological polar surface area (TPSA) is 17.1 Å². The zero-order chi connectivity index (χ0) is 14.2. The monoisotopic (exact) mass is 280 g/mol. The van der Waals surface area contributed by atoms with Crippen molar-refractivity contribution in [3.8, 4) is 0 Å². The Morgan fingerprint density at radius 3 is 2.16 bits per heavy atom. The maximum absolute atomic E-state index is 13.7. The van der Waals surface area contributed by atoms with Crippen LogP contribution in [0.2, 0.25) is 5.02 Å². The summed E-state index contributed by atoms with van der Waals surface area (Å²) >= 11 is 5.64. The molecule has 0 radical (unpaired) electrons. The van der Waals surface area contributed by atoms with Gasteiger partial charge in [0.25, 0.3) is 0 Å². The van der Waals surface area contributed by atoms with Gasteiger partial charge in [-0.2, -0.15) is 0 Å². The average Bonchev–Trinajstić information content (AvgIpc) is 2.34. The first kappa shape index (κ1) is 13.7. The van der Waals surface area contributed by atoms with Crippen molar-refractivity contribution in [1.29, 1.82) is 0 Å². The van der Waals surface area contributed by atoms with Gasteiger partial charge in [-0.25, -0.2) is 8.78 Å². The molecule has 0 bridgehead atoms. The molecule has 0 aliphatic heterocycles. The number of hydrogen-bond donors (Lipinski definition) is 0. The summed E-state index contributed by atoms with van der Waals surface area (Å²) in [5.74, 6) is -1.52. The van der Waals surface area contributed by atoms with E-state index in [0.717, 1.165) is 6.07 Å². The zero-order valence-electron chi connectivity index (χ0n) is 10.4. The molecule has 0 unspecified atom stereocenters. The number of carbonyl (C=O) groups excluding carboxylic acids is 1. The molecule has 2 aromatic rings. The van der Waals surface area contributed by atoms with Crippen LogP contribution in [0, 0.1) is 25.5 Å². The lowest BCUT2D eigenvalue weighted by molar-refractivity contribution is 0.103. The fourth-order valence-electron chi connectivity index (χ4n) is 1.91. The van der Waals surface area contributed by atoms with Crippen LogP contribution in [0.25, 0.3) is 0 Å². The normalized spacial score (nSPS) is 10.6. The second-order valence-corrected chi connectivity index (χ2v) is 4.81. The molecule has 0 saturated heterocycles. The van der Waals surface area contributed by atoms with Crippen LogP contribution in [0.15, 0.2) is 30.3 Å². The minimum Gasteiger partial charge on any atom is -0.288 e. The number of rotatable bonds is 2. The molecule has 0 aliphatic rings. The third-order valence-corrected chi connectivity index (χ3v) is 3.11. The summed E-state index contributed by atoms with van der Waals surface area (Å²) in [5.41, 5.74) is 0.905. The van der Waals surface area contributed by atoms with Gasteiger partial charge in [-0.3, -0.25) is 4.79 Å². The van der Waals surface area contributed by atoms with E-state index in [1.54, 1.807) is 13.8 Å².